The molecule has 2 fully saturated rings. The van der Waals surface area contributed by atoms with Gasteiger partial charge in [-0.3, -0.25) is 9.59 Å². The number of rotatable bonds is 3. The fourth-order valence-electron chi connectivity index (χ4n) is 4.08. The van der Waals surface area contributed by atoms with E-state index in [1.54, 1.807) is 30.1 Å². The number of aliphatic hydroxyl groups is 1. The average Bonchev–Trinajstić information content (AvgIpc) is 3.18. The number of fused-ring (bicyclic) bond motifs is 2. The highest BCUT2D eigenvalue weighted by Gasteiger charge is 2.40. The maximum absolute atomic E-state index is 13.3. The van der Waals surface area contributed by atoms with Crippen LogP contribution < -0.4 is 14.8 Å². The lowest BCUT2D eigenvalue weighted by Gasteiger charge is -2.44. The number of hydrogen-bond donors (Lipinski definition) is 2. The first-order valence-electron chi connectivity index (χ1n) is 9.87. The number of nitrogens with zero attached hydrogens (tertiary/aromatic N) is 1. The van der Waals surface area contributed by atoms with Gasteiger partial charge in [0.05, 0.1) is 37.9 Å². The van der Waals surface area contributed by atoms with Gasteiger partial charge in [0.2, 0.25) is 12.7 Å². The van der Waals surface area contributed by atoms with Crippen LogP contribution in [-0.4, -0.2) is 79.8 Å². The van der Waals surface area contributed by atoms with E-state index in [-0.39, 0.29) is 63.0 Å². The van der Waals surface area contributed by atoms with Gasteiger partial charge in [0.25, 0.3) is 5.91 Å². The minimum Gasteiger partial charge on any atom is -0.454 e. The van der Waals surface area contributed by atoms with Gasteiger partial charge in [0.15, 0.2) is 11.5 Å². The second-order valence-electron chi connectivity index (χ2n) is 7.54. The zero-order valence-electron chi connectivity index (χ0n) is 16.3. The highest BCUT2D eigenvalue weighted by atomic mass is 16.7. The molecule has 9 heteroatoms. The lowest BCUT2D eigenvalue weighted by molar-refractivity contribution is -0.150. The van der Waals surface area contributed by atoms with Gasteiger partial charge >= 0.3 is 0 Å². The third-order valence-electron chi connectivity index (χ3n) is 5.55. The molecule has 3 heterocycles. The van der Waals surface area contributed by atoms with E-state index < -0.39 is 6.10 Å². The predicted octanol–water partition coefficient (Wildman–Crippen LogP) is 0.301. The quantitative estimate of drug-likeness (QED) is 0.744. The largest absolute Gasteiger partial charge is 0.454 e. The fraction of sp³-hybridized carbons (Fsp3) is 0.600. The number of ether oxygens (including phenoxy) is 4. The third kappa shape index (κ3) is 4.31. The first-order chi connectivity index (χ1) is 14.0. The molecule has 2 amide bonds. The summed E-state index contributed by atoms with van der Waals surface area (Å²) in [6.07, 6.45) is 0.236. The normalized spacial score (nSPS) is 28.8. The summed E-state index contributed by atoms with van der Waals surface area (Å²) in [7, 11) is 1.60. The Morgan fingerprint density at radius 2 is 2.03 bits per heavy atom. The Bertz CT molecular complexity index is 771. The molecule has 0 aromatic heterocycles. The van der Waals surface area contributed by atoms with Crippen LogP contribution in [-0.2, 0) is 14.3 Å². The minimum atomic E-state index is -0.780. The first-order valence-corrected chi connectivity index (χ1v) is 9.87. The third-order valence-corrected chi connectivity index (χ3v) is 5.55. The molecule has 3 aliphatic rings. The number of carbonyl (C=O) groups excluding carboxylic acids is 2. The molecule has 158 valence electrons. The lowest BCUT2D eigenvalue weighted by Crippen LogP contribution is -2.57. The van der Waals surface area contributed by atoms with Gasteiger partial charge in [-0.25, -0.2) is 0 Å². The molecule has 2 saturated heterocycles. The van der Waals surface area contributed by atoms with E-state index in [0.29, 0.717) is 29.9 Å². The molecule has 4 atom stereocenters. The molecule has 0 radical (unpaired) electrons. The molecule has 0 spiro atoms. The van der Waals surface area contributed by atoms with Crippen molar-refractivity contribution in [2.24, 2.45) is 0 Å². The molecule has 0 aliphatic carbocycles. The van der Waals surface area contributed by atoms with Crippen molar-refractivity contribution < 1.29 is 33.6 Å². The molecule has 0 saturated carbocycles. The van der Waals surface area contributed by atoms with Crippen LogP contribution in [0.1, 0.15) is 29.6 Å². The molecule has 9 nitrogen and oxygen atoms in total. The van der Waals surface area contributed by atoms with Crippen molar-refractivity contribution in [1.29, 1.82) is 0 Å². The zero-order valence-corrected chi connectivity index (χ0v) is 16.3. The Labute approximate surface area is 168 Å². The topological polar surface area (TPSA) is 107 Å². The van der Waals surface area contributed by atoms with Gasteiger partial charge in [-0.15, -0.1) is 0 Å². The molecule has 0 bridgehead atoms. The smallest absolute Gasteiger partial charge is 0.254 e. The summed E-state index contributed by atoms with van der Waals surface area (Å²) >= 11 is 0. The Morgan fingerprint density at radius 3 is 2.86 bits per heavy atom. The van der Waals surface area contributed by atoms with Crippen molar-refractivity contribution in [1.82, 2.24) is 10.2 Å². The summed E-state index contributed by atoms with van der Waals surface area (Å²) in [5.74, 6) is 0.865. The van der Waals surface area contributed by atoms with Crippen molar-refractivity contribution in [2.75, 3.05) is 33.6 Å². The Hall–Kier alpha value is -2.36. The molecular formula is C20H26N2O7. The maximum Gasteiger partial charge on any atom is 0.254 e. The Balaban J connectivity index is 1.54. The van der Waals surface area contributed by atoms with Crippen molar-refractivity contribution in [3.05, 3.63) is 23.8 Å². The number of hydrogen-bond acceptors (Lipinski definition) is 7. The van der Waals surface area contributed by atoms with E-state index in [2.05, 4.69) is 5.32 Å². The number of aliphatic hydroxyl groups excluding tert-OH is 1. The predicted molar refractivity (Wildman–Crippen MR) is 101 cm³/mol. The van der Waals surface area contributed by atoms with Gasteiger partial charge in [-0.1, -0.05) is 0 Å². The van der Waals surface area contributed by atoms with E-state index in [1.165, 1.54) is 0 Å². The molecular weight excluding hydrogens is 380 g/mol. The monoisotopic (exact) mass is 406 g/mol. The average molecular weight is 406 g/mol. The molecule has 4 rings (SSSR count). The highest BCUT2D eigenvalue weighted by molar-refractivity contribution is 5.95. The highest BCUT2D eigenvalue weighted by Crippen LogP contribution is 2.34. The fourth-order valence-corrected chi connectivity index (χ4v) is 4.08. The second kappa shape index (κ2) is 8.56. The minimum absolute atomic E-state index is 0.0797. The van der Waals surface area contributed by atoms with E-state index in [9.17, 15) is 14.7 Å². The number of amides is 2. The Kier molecular flexibility index (Phi) is 5.89. The molecule has 1 aromatic rings. The molecule has 29 heavy (non-hydrogen) atoms. The van der Waals surface area contributed by atoms with E-state index in [1.807, 2.05) is 0 Å². The number of nitrogens with one attached hydrogen (secondary N) is 1. The lowest BCUT2D eigenvalue weighted by atomic mass is 9.94. The second-order valence-corrected chi connectivity index (χ2v) is 7.54. The molecule has 0 unspecified atom stereocenters. The summed E-state index contributed by atoms with van der Waals surface area (Å²) in [5.41, 5.74) is 0.467. The van der Waals surface area contributed by atoms with Crippen LogP contribution in [0.25, 0.3) is 0 Å². The van der Waals surface area contributed by atoms with Crippen LogP contribution in [0, 0.1) is 0 Å². The van der Waals surface area contributed by atoms with Gasteiger partial charge < -0.3 is 34.3 Å². The van der Waals surface area contributed by atoms with Gasteiger partial charge in [0, 0.05) is 19.2 Å². The zero-order chi connectivity index (χ0) is 20.4. The molecule has 1 aromatic carbocycles. The van der Waals surface area contributed by atoms with E-state index >= 15 is 0 Å². The number of carbonyl (C=O) groups is 2. The van der Waals surface area contributed by atoms with Crippen LogP contribution in [0.5, 0.6) is 11.5 Å². The van der Waals surface area contributed by atoms with Crippen LogP contribution in [0.3, 0.4) is 0 Å². The van der Waals surface area contributed by atoms with Crippen molar-refractivity contribution >= 4 is 11.8 Å². The van der Waals surface area contributed by atoms with E-state index in [0.717, 1.165) is 0 Å². The summed E-state index contributed by atoms with van der Waals surface area (Å²) in [5, 5.41) is 12.9. The standard InChI is InChI=1S/C20H26N2O7/c1-21-19(24)7-14-3-4-15-18(29-14)10-26-9-13(23)8-22(15)20(25)12-2-5-16-17(6-12)28-11-27-16/h2,5-6,13-15,18,23H,3-4,7-11H2,1H3,(H,21,24)/t13-,14-,15-,18+/m1/s1. The number of β-amino-alcohol motifs (C(OH)–C–C–N with tert-alkyl or cyclic N) is 1. The first kappa shape index (κ1) is 19.9. The van der Waals surface area contributed by atoms with Gasteiger partial charge in [-0.2, -0.15) is 0 Å². The molecule has 2 N–H and O–H groups in total. The molecule has 3 aliphatic heterocycles. The van der Waals surface area contributed by atoms with Gasteiger partial charge in [0.1, 0.15) is 6.10 Å². The van der Waals surface area contributed by atoms with Gasteiger partial charge in [-0.05, 0) is 31.0 Å². The van der Waals surface area contributed by atoms with E-state index in [4.69, 9.17) is 18.9 Å². The number of benzene rings is 1. The maximum atomic E-state index is 13.3. The van der Waals surface area contributed by atoms with Crippen LogP contribution >= 0.6 is 0 Å². The summed E-state index contributed by atoms with van der Waals surface area (Å²) < 4.78 is 22.4. The van der Waals surface area contributed by atoms with Crippen LogP contribution in [0.2, 0.25) is 0 Å². The van der Waals surface area contributed by atoms with Crippen molar-refractivity contribution in [2.45, 2.75) is 43.6 Å². The van der Waals surface area contributed by atoms with Crippen molar-refractivity contribution in [3.8, 4) is 11.5 Å². The summed E-state index contributed by atoms with van der Waals surface area (Å²) in [6, 6.07) is 4.83. The summed E-state index contributed by atoms with van der Waals surface area (Å²) in [6.45, 7) is 0.671. The van der Waals surface area contributed by atoms with Crippen molar-refractivity contribution in [3.63, 3.8) is 0 Å². The van der Waals surface area contributed by atoms with Crippen LogP contribution in [0.4, 0.5) is 0 Å². The SMILES string of the molecule is CNC(=O)C[C@H]1CC[C@@H]2[C@H](COC[C@H](O)CN2C(=O)c2ccc3c(c2)OCO3)O1. The summed E-state index contributed by atoms with van der Waals surface area (Å²) in [4.78, 5) is 26.7. The van der Waals surface area contributed by atoms with Crippen LogP contribution in [0.15, 0.2) is 18.2 Å². The Morgan fingerprint density at radius 1 is 1.21 bits per heavy atom.